The lowest BCUT2D eigenvalue weighted by molar-refractivity contribution is 0.159. The molecule has 0 bridgehead atoms. The Morgan fingerprint density at radius 1 is 2.00 bits per heavy atom. The molecule has 4 heteroatoms. The van der Waals surface area contributed by atoms with Gasteiger partial charge in [0.2, 0.25) is 0 Å². The Kier molecular flexibility index (Phi) is 1.99. The van der Waals surface area contributed by atoms with Gasteiger partial charge in [0.1, 0.15) is 0 Å². The summed E-state index contributed by atoms with van der Waals surface area (Å²) in [5.41, 5.74) is 0. The average molecular weight is 88.1 g/mol. The molecule has 0 spiro atoms. The Morgan fingerprint density at radius 2 is 2.50 bits per heavy atom. The van der Waals surface area contributed by atoms with Crippen molar-refractivity contribution in [2.45, 2.75) is 0 Å². The summed E-state index contributed by atoms with van der Waals surface area (Å²) in [7, 11) is 0. The van der Waals surface area contributed by atoms with Crippen LogP contribution in [0.2, 0.25) is 0 Å². The van der Waals surface area contributed by atoms with Crippen molar-refractivity contribution in [2.24, 2.45) is 10.9 Å². The number of amides is 1. The number of aliphatic imine (C=N–C) groups is 1. The van der Waals surface area contributed by atoms with Crippen molar-refractivity contribution in [1.29, 1.82) is 0 Å². The van der Waals surface area contributed by atoms with Crippen molar-refractivity contribution >= 4 is 12.8 Å². The Balaban J connectivity index is 3.23. The highest BCUT2D eigenvalue weighted by molar-refractivity contribution is 5.72. The van der Waals surface area contributed by atoms with Gasteiger partial charge in [-0.15, -0.1) is 0 Å². The third-order valence-electron chi connectivity index (χ3n) is 0.230. The summed E-state index contributed by atoms with van der Waals surface area (Å²) in [6, 6.07) is 0. The van der Waals surface area contributed by atoms with Crippen LogP contribution in [0.3, 0.4) is 0 Å². The zero-order valence-corrected chi connectivity index (χ0v) is 3.05. The molecule has 2 N–H and O–H groups in total. The van der Waals surface area contributed by atoms with Crippen LogP contribution in [-0.2, 0) is 4.84 Å². The number of nitrogens with zero attached hydrogens (tertiary/aromatic N) is 1. The van der Waals surface area contributed by atoms with Gasteiger partial charge in [-0.3, -0.25) is 0 Å². The highest BCUT2D eigenvalue weighted by Gasteiger charge is 1.85. The van der Waals surface area contributed by atoms with Crippen molar-refractivity contribution in [1.82, 2.24) is 0 Å². The van der Waals surface area contributed by atoms with Crippen LogP contribution in [-0.4, -0.2) is 12.8 Å². The van der Waals surface area contributed by atoms with Gasteiger partial charge in [0.15, 0.2) is 0 Å². The van der Waals surface area contributed by atoms with E-state index in [1.807, 2.05) is 0 Å². The maximum absolute atomic E-state index is 9.60. The molecule has 1 amide bonds. The van der Waals surface area contributed by atoms with Crippen LogP contribution in [0.1, 0.15) is 0 Å². The van der Waals surface area contributed by atoms with Crippen LogP contribution in [0.4, 0.5) is 4.79 Å². The van der Waals surface area contributed by atoms with Crippen molar-refractivity contribution < 1.29 is 9.63 Å². The molecule has 0 saturated carbocycles. The molecule has 0 aliphatic carbocycles. The summed E-state index contributed by atoms with van der Waals surface area (Å²) in [5, 5.41) is 0. The Labute approximate surface area is 34.6 Å². The van der Waals surface area contributed by atoms with Crippen LogP contribution in [0.15, 0.2) is 4.99 Å². The summed E-state index contributed by atoms with van der Waals surface area (Å²) in [6.07, 6.45) is -0.866. The minimum atomic E-state index is -0.866. The smallest absolute Gasteiger partial charge is 0.355 e. The second kappa shape index (κ2) is 2.34. The topological polar surface area (TPSA) is 64.7 Å². The van der Waals surface area contributed by atoms with Gasteiger partial charge in [0.05, 0.1) is 0 Å². The molecule has 0 fully saturated rings. The van der Waals surface area contributed by atoms with Gasteiger partial charge in [-0.1, -0.05) is 0 Å². The third kappa shape index (κ3) is 1.42. The molecular formula is C2H4N2O2. The number of carbonyl (C=O) groups excluding carboxylic acids is 1. The molecule has 0 aromatic carbocycles. The first-order chi connectivity index (χ1) is 2.81. The number of rotatable bonds is 0. The van der Waals surface area contributed by atoms with E-state index in [9.17, 15) is 4.79 Å². The lowest BCUT2D eigenvalue weighted by Gasteiger charge is -1.80. The highest BCUT2D eigenvalue weighted by Crippen LogP contribution is 1.68. The zero-order valence-electron chi connectivity index (χ0n) is 3.05. The molecule has 6 heavy (non-hydrogen) atoms. The highest BCUT2D eigenvalue weighted by atomic mass is 16.7. The predicted octanol–water partition coefficient (Wildman–Crippen LogP) is -0.303. The molecule has 0 atom stereocenters. The third-order valence-corrected chi connectivity index (χ3v) is 0.230. The van der Waals surface area contributed by atoms with E-state index in [1.165, 1.54) is 0 Å². The second-order valence-electron chi connectivity index (χ2n) is 0.542. The molecule has 0 rings (SSSR count). The Hall–Kier alpha value is -0.900. The molecular weight excluding hydrogens is 84.0 g/mol. The molecule has 4 nitrogen and oxygen atoms in total. The number of nitrogens with two attached hydrogens (primary N) is 1. The minimum absolute atomic E-state index is 0.866. The van der Waals surface area contributed by atoms with Crippen molar-refractivity contribution in [3.05, 3.63) is 0 Å². The van der Waals surface area contributed by atoms with Crippen molar-refractivity contribution in [3.63, 3.8) is 0 Å². The van der Waals surface area contributed by atoms with E-state index >= 15 is 0 Å². The van der Waals surface area contributed by atoms with Gasteiger partial charge in [0, 0.05) is 0 Å². The fourth-order valence-electron chi connectivity index (χ4n) is 0.0373. The summed E-state index contributed by atoms with van der Waals surface area (Å²) in [5.74, 6) is 4.30. The molecule has 0 unspecified atom stereocenters. The zero-order chi connectivity index (χ0) is 4.99. The molecule has 0 aliphatic heterocycles. The Morgan fingerprint density at radius 3 is 2.50 bits per heavy atom. The molecule has 0 aliphatic rings. The van der Waals surface area contributed by atoms with Gasteiger partial charge < -0.3 is 4.84 Å². The van der Waals surface area contributed by atoms with E-state index in [4.69, 9.17) is 0 Å². The van der Waals surface area contributed by atoms with Crippen LogP contribution in [0.5, 0.6) is 0 Å². The van der Waals surface area contributed by atoms with E-state index in [-0.39, 0.29) is 0 Å². The SMILES string of the molecule is C=NC(=O)ON. The first-order valence-electron chi connectivity index (χ1n) is 1.18. The van der Waals surface area contributed by atoms with Gasteiger partial charge >= 0.3 is 6.09 Å². The van der Waals surface area contributed by atoms with Gasteiger partial charge in [-0.2, -0.15) is 10.9 Å². The molecule has 0 heterocycles. The van der Waals surface area contributed by atoms with Crippen LogP contribution in [0, 0.1) is 0 Å². The molecule has 34 valence electrons. The van der Waals surface area contributed by atoms with E-state index in [0.29, 0.717) is 0 Å². The standard InChI is InChI=1S/C2H4N2O2/c1-4-2(5)6-3/h1,3H2. The van der Waals surface area contributed by atoms with Crippen LogP contribution < -0.4 is 5.90 Å². The molecule has 0 saturated heterocycles. The van der Waals surface area contributed by atoms with Gasteiger partial charge in [0.25, 0.3) is 0 Å². The number of hydrogen-bond donors (Lipinski definition) is 1. The summed E-state index contributed by atoms with van der Waals surface area (Å²) >= 11 is 0. The second-order valence-corrected chi connectivity index (χ2v) is 0.542. The normalized spacial score (nSPS) is 6.83. The van der Waals surface area contributed by atoms with E-state index in [2.05, 4.69) is 22.4 Å². The Bertz CT molecular complexity index is 69.9. The summed E-state index contributed by atoms with van der Waals surface area (Å²) in [6.45, 7) is 2.83. The predicted molar refractivity (Wildman–Crippen MR) is 20.2 cm³/mol. The fraction of sp³-hybridized carbons (Fsp3) is 0. The minimum Gasteiger partial charge on any atom is -0.355 e. The molecule has 0 radical (unpaired) electrons. The fourth-order valence-corrected chi connectivity index (χ4v) is 0.0373. The van der Waals surface area contributed by atoms with Crippen molar-refractivity contribution in [2.75, 3.05) is 0 Å². The average Bonchev–Trinajstić information content (AvgIpc) is 1.65. The molecule has 0 aromatic heterocycles. The van der Waals surface area contributed by atoms with Crippen molar-refractivity contribution in [3.8, 4) is 0 Å². The summed E-state index contributed by atoms with van der Waals surface area (Å²) < 4.78 is 0. The monoisotopic (exact) mass is 88.0 g/mol. The largest absolute Gasteiger partial charge is 0.451 e. The lowest BCUT2D eigenvalue weighted by atomic mass is 11.2. The maximum atomic E-state index is 9.60. The molecule has 0 aromatic rings. The maximum Gasteiger partial charge on any atom is 0.451 e. The van der Waals surface area contributed by atoms with Gasteiger partial charge in [-0.25, -0.2) is 4.79 Å². The van der Waals surface area contributed by atoms with E-state index in [0.717, 1.165) is 0 Å². The number of carbonyl (C=O) groups is 1. The number of hydrogen-bond acceptors (Lipinski definition) is 3. The van der Waals surface area contributed by atoms with Crippen LogP contribution in [0.25, 0.3) is 0 Å². The van der Waals surface area contributed by atoms with Gasteiger partial charge in [-0.05, 0) is 6.72 Å². The van der Waals surface area contributed by atoms with Crippen LogP contribution >= 0.6 is 0 Å². The first kappa shape index (κ1) is 5.10. The first-order valence-corrected chi connectivity index (χ1v) is 1.18. The lowest BCUT2D eigenvalue weighted by Crippen LogP contribution is -2.03. The van der Waals surface area contributed by atoms with E-state index in [1.54, 1.807) is 0 Å². The quantitative estimate of drug-likeness (QED) is 0.326. The summed E-state index contributed by atoms with van der Waals surface area (Å²) in [4.78, 5) is 15.9. The van der Waals surface area contributed by atoms with E-state index < -0.39 is 6.09 Å².